The SMILES string of the molecule is Cc1nn(C(C)C)c(C)c1CC[N+](=O)[O-]. The van der Waals surface area contributed by atoms with Gasteiger partial charge in [0.25, 0.3) is 0 Å². The van der Waals surface area contributed by atoms with Crippen molar-refractivity contribution < 1.29 is 4.92 Å². The minimum atomic E-state index is -0.286. The van der Waals surface area contributed by atoms with Gasteiger partial charge < -0.3 is 0 Å². The molecule has 1 heterocycles. The zero-order valence-corrected chi connectivity index (χ0v) is 9.65. The highest BCUT2D eigenvalue weighted by Gasteiger charge is 2.14. The van der Waals surface area contributed by atoms with Crippen molar-refractivity contribution in [2.75, 3.05) is 6.54 Å². The Hall–Kier alpha value is -1.39. The van der Waals surface area contributed by atoms with E-state index < -0.39 is 0 Å². The molecule has 0 aliphatic rings. The Balaban J connectivity index is 2.92. The normalized spacial score (nSPS) is 11.0. The van der Waals surface area contributed by atoms with Crippen LogP contribution in [0.4, 0.5) is 0 Å². The Bertz CT molecular complexity index is 369. The number of aryl methyl sites for hydroxylation is 1. The molecule has 0 unspecified atom stereocenters. The summed E-state index contributed by atoms with van der Waals surface area (Å²) in [4.78, 5) is 10.0. The summed E-state index contributed by atoms with van der Waals surface area (Å²) in [7, 11) is 0. The Morgan fingerprint density at radius 2 is 2.07 bits per heavy atom. The number of hydrogen-bond acceptors (Lipinski definition) is 3. The van der Waals surface area contributed by atoms with Crippen molar-refractivity contribution in [1.82, 2.24) is 9.78 Å². The second-order valence-corrected chi connectivity index (χ2v) is 3.99. The molecule has 0 aromatic carbocycles. The van der Waals surface area contributed by atoms with Crippen molar-refractivity contribution in [3.8, 4) is 0 Å². The molecular weight excluding hydrogens is 194 g/mol. The molecule has 0 bridgehead atoms. The van der Waals surface area contributed by atoms with Crippen molar-refractivity contribution in [2.24, 2.45) is 0 Å². The first-order valence-electron chi connectivity index (χ1n) is 5.10. The molecule has 1 aromatic rings. The molecule has 0 amide bonds. The van der Waals surface area contributed by atoms with Gasteiger partial charge in [0, 0.05) is 28.6 Å². The van der Waals surface area contributed by atoms with Crippen LogP contribution in [0, 0.1) is 24.0 Å². The molecule has 0 spiro atoms. The fourth-order valence-electron chi connectivity index (χ4n) is 1.76. The minimum absolute atomic E-state index is 0.0224. The number of nitrogens with zero attached hydrogens (tertiary/aromatic N) is 3. The minimum Gasteiger partial charge on any atom is -0.267 e. The third kappa shape index (κ3) is 2.55. The van der Waals surface area contributed by atoms with E-state index in [4.69, 9.17) is 0 Å². The van der Waals surface area contributed by atoms with Crippen LogP contribution in [0.1, 0.15) is 36.8 Å². The topological polar surface area (TPSA) is 61.0 Å². The Morgan fingerprint density at radius 3 is 2.47 bits per heavy atom. The quantitative estimate of drug-likeness (QED) is 0.564. The molecule has 0 N–H and O–H groups in total. The van der Waals surface area contributed by atoms with Crippen molar-refractivity contribution in [2.45, 2.75) is 40.2 Å². The van der Waals surface area contributed by atoms with E-state index >= 15 is 0 Å². The molecular formula is C10H17N3O2. The molecule has 1 rings (SSSR count). The molecule has 0 fully saturated rings. The Morgan fingerprint density at radius 1 is 1.47 bits per heavy atom. The maximum Gasteiger partial charge on any atom is 0.208 e. The molecule has 0 aliphatic heterocycles. The van der Waals surface area contributed by atoms with Crippen molar-refractivity contribution in [1.29, 1.82) is 0 Å². The second kappa shape index (κ2) is 4.42. The fraction of sp³-hybridized carbons (Fsp3) is 0.700. The molecule has 0 atom stereocenters. The standard InChI is InChI=1S/C10H17N3O2/c1-7(2)13-9(4)10(8(3)11-13)5-6-12(14)15/h7H,5-6H2,1-4H3. The van der Waals surface area contributed by atoms with Crippen molar-refractivity contribution in [3.05, 3.63) is 27.1 Å². The number of nitro groups is 1. The molecule has 84 valence electrons. The van der Waals surface area contributed by atoms with Gasteiger partial charge in [-0.05, 0) is 27.7 Å². The lowest BCUT2D eigenvalue weighted by atomic mass is 10.1. The van der Waals surface area contributed by atoms with Gasteiger partial charge in [0.15, 0.2) is 0 Å². The van der Waals surface area contributed by atoms with Gasteiger partial charge in [0.1, 0.15) is 0 Å². The third-order valence-corrected chi connectivity index (χ3v) is 2.51. The van der Waals surface area contributed by atoms with Gasteiger partial charge in [-0.3, -0.25) is 14.8 Å². The number of rotatable bonds is 4. The molecule has 5 heteroatoms. The molecule has 0 saturated carbocycles. The molecule has 0 aliphatic carbocycles. The second-order valence-electron chi connectivity index (χ2n) is 3.99. The number of aromatic nitrogens is 2. The largest absolute Gasteiger partial charge is 0.267 e. The average Bonchev–Trinajstić information content (AvgIpc) is 2.39. The molecule has 15 heavy (non-hydrogen) atoms. The van der Waals surface area contributed by atoms with E-state index in [1.165, 1.54) is 0 Å². The summed E-state index contributed by atoms with van der Waals surface area (Å²) in [6, 6.07) is 0.299. The average molecular weight is 211 g/mol. The van der Waals surface area contributed by atoms with Crippen molar-refractivity contribution in [3.63, 3.8) is 0 Å². The van der Waals surface area contributed by atoms with Gasteiger partial charge in [-0.15, -0.1) is 0 Å². The first-order chi connectivity index (χ1) is 6.93. The lowest BCUT2D eigenvalue weighted by Crippen LogP contribution is -2.07. The summed E-state index contributed by atoms with van der Waals surface area (Å²) in [6.07, 6.45) is 0.470. The van der Waals surface area contributed by atoms with E-state index in [1.54, 1.807) is 0 Å². The molecule has 5 nitrogen and oxygen atoms in total. The van der Waals surface area contributed by atoms with Gasteiger partial charge in [0.05, 0.1) is 5.69 Å². The van der Waals surface area contributed by atoms with Gasteiger partial charge in [-0.25, -0.2) is 0 Å². The third-order valence-electron chi connectivity index (χ3n) is 2.51. The smallest absolute Gasteiger partial charge is 0.208 e. The van der Waals surface area contributed by atoms with Crippen LogP contribution in [-0.2, 0) is 6.42 Å². The lowest BCUT2D eigenvalue weighted by Gasteiger charge is -2.08. The first-order valence-corrected chi connectivity index (χ1v) is 5.10. The summed E-state index contributed by atoms with van der Waals surface area (Å²) in [5, 5.41) is 14.7. The maximum atomic E-state index is 10.3. The van der Waals surface area contributed by atoms with Gasteiger partial charge >= 0.3 is 0 Å². The Kier molecular flexibility index (Phi) is 3.44. The summed E-state index contributed by atoms with van der Waals surface area (Å²) in [5.41, 5.74) is 2.97. The first kappa shape index (κ1) is 11.7. The van der Waals surface area contributed by atoms with Crippen LogP contribution in [0.3, 0.4) is 0 Å². The maximum absolute atomic E-state index is 10.3. The molecule has 0 saturated heterocycles. The van der Waals surface area contributed by atoms with Gasteiger partial charge in [0.2, 0.25) is 6.54 Å². The highest BCUT2D eigenvalue weighted by molar-refractivity contribution is 5.25. The fourth-order valence-corrected chi connectivity index (χ4v) is 1.76. The summed E-state index contributed by atoms with van der Waals surface area (Å²) < 4.78 is 1.92. The van der Waals surface area contributed by atoms with E-state index in [0.717, 1.165) is 17.0 Å². The predicted molar refractivity (Wildman–Crippen MR) is 57.7 cm³/mol. The summed E-state index contributed by atoms with van der Waals surface area (Å²) in [6.45, 7) is 7.95. The van der Waals surface area contributed by atoms with E-state index in [1.807, 2.05) is 18.5 Å². The van der Waals surface area contributed by atoms with Crippen LogP contribution in [0.5, 0.6) is 0 Å². The van der Waals surface area contributed by atoms with Crippen LogP contribution >= 0.6 is 0 Å². The number of hydrogen-bond donors (Lipinski definition) is 0. The van der Waals surface area contributed by atoms with Gasteiger partial charge in [-0.1, -0.05) is 0 Å². The van der Waals surface area contributed by atoms with E-state index in [9.17, 15) is 10.1 Å². The van der Waals surface area contributed by atoms with Crippen LogP contribution in [0.25, 0.3) is 0 Å². The van der Waals surface area contributed by atoms with Gasteiger partial charge in [-0.2, -0.15) is 5.10 Å². The Labute approximate surface area is 89.2 Å². The zero-order valence-electron chi connectivity index (χ0n) is 9.65. The summed E-state index contributed by atoms with van der Waals surface area (Å²) in [5.74, 6) is 0. The van der Waals surface area contributed by atoms with Crippen molar-refractivity contribution >= 4 is 0 Å². The van der Waals surface area contributed by atoms with Crippen LogP contribution < -0.4 is 0 Å². The predicted octanol–water partition coefficient (Wildman–Crippen LogP) is 1.90. The lowest BCUT2D eigenvalue weighted by molar-refractivity contribution is -0.479. The molecule has 1 aromatic heterocycles. The highest BCUT2D eigenvalue weighted by Crippen LogP contribution is 2.17. The highest BCUT2D eigenvalue weighted by atomic mass is 16.6. The monoisotopic (exact) mass is 211 g/mol. The van der Waals surface area contributed by atoms with E-state index in [-0.39, 0.29) is 11.5 Å². The van der Waals surface area contributed by atoms with E-state index in [0.29, 0.717) is 12.5 Å². The van der Waals surface area contributed by atoms with Crippen LogP contribution in [0.2, 0.25) is 0 Å². The van der Waals surface area contributed by atoms with Crippen LogP contribution in [-0.4, -0.2) is 21.2 Å². The van der Waals surface area contributed by atoms with E-state index in [2.05, 4.69) is 18.9 Å². The molecule has 0 radical (unpaired) electrons. The zero-order chi connectivity index (χ0) is 11.6. The summed E-state index contributed by atoms with van der Waals surface area (Å²) >= 11 is 0. The van der Waals surface area contributed by atoms with Crippen LogP contribution in [0.15, 0.2) is 0 Å².